The van der Waals surface area contributed by atoms with E-state index in [1.165, 1.54) is 6.07 Å². The van der Waals surface area contributed by atoms with Crippen LogP contribution in [0.5, 0.6) is 0 Å². The molecule has 1 fully saturated rings. The third-order valence-electron chi connectivity index (χ3n) is 6.45. The molecule has 182 valence electrons. The standard InChI is InChI=1S/C25H23ClF3N5O/c1-15-23-8-22(24-18(11-31)6-20(26)7-19(24)14-35)32-34(23)21(9-25(27,28)29)13-33(15)12-17-4-2-16(10-30)3-5-17/h2-8,15,21-22,32,35H,9,12-14H2,1H3. The van der Waals surface area contributed by atoms with Crippen molar-refractivity contribution in [1.29, 1.82) is 10.5 Å². The molecule has 2 aliphatic rings. The van der Waals surface area contributed by atoms with Gasteiger partial charge in [-0.15, -0.1) is 0 Å². The molecule has 0 aliphatic carbocycles. The van der Waals surface area contributed by atoms with Gasteiger partial charge in [-0.05, 0) is 54.0 Å². The second-order valence-electron chi connectivity index (χ2n) is 8.75. The minimum atomic E-state index is -4.37. The highest BCUT2D eigenvalue weighted by molar-refractivity contribution is 6.30. The first-order valence-corrected chi connectivity index (χ1v) is 11.4. The number of alkyl halides is 3. The Balaban J connectivity index is 1.69. The van der Waals surface area contributed by atoms with E-state index in [-0.39, 0.29) is 24.8 Å². The van der Waals surface area contributed by atoms with Gasteiger partial charge in [0.15, 0.2) is 0 Å². The molecule has 3 atom stereocenters. The Morgan fingerprint density at radius 3 is 2.49 bits per heavy atom. The number of hydrogen-bond donors (Lipinski definition) is 2. The molecule has 10 heteroatoms. The van der Waals surface area contributed by atoms with Gasteiger partial charge in [0.1, 0.15) is 0 Å². The number of aliphatic hydroxyl groups excluding tert-OH is 1. The molecule has 35 heavy (non-hydrogen) atoms. The van der Waals surface area contributed by atoms with Crippen LogP contribution in [0.3, 0.4) is 0 Å². The summed E-state index contributed by atoms with van der Waals surface area (Å²) in [7, 11) is 0. The second-order valence-corrected chi connectivity index (χ2v) is 9.19. The molecular formula is C25H23ClF3N5O. The summed E-state index contributed by atoms with van der Waals surface area (Å²) < 4.78 is 40.6. The highest BCUT2D eigenvalue weighted by Gasteiger charge is 2.45. The third-order valence-corrected chi connectivity index (χ3v) is 6.67. The molecule has 1 saturated heterocycles. The molecule has 4 rings (SSSR count). The highest BCUT2D eigenvalue weighted by Crippen LogP contribution is 2.39. The summed E-state index contributed by atoms with van der Waals surface area (Å²) in [4.78, 5) is 1.98. The van der Waals surface area contributed by atoms with Crippen molar-refractivity contribution in [3.8, 4) is 12.1 Å². The van der Waals surface area contributed by atoms with Gasteiger partial charge in [0, 0.05) is 29.9 Å². The minimum absolute atomic E-state index is 0.163. The Kier molecular flexibility index (Phi) is 7.07. The molecule has 3 unspecified atom stereocenters. The number of hydrazine groups is 1. The fraction of sp³-hybridized carbons (Fsp3) is 0.360. The van der Waals surface area contributed by atoms with E-state index in [1.54, 1.807) is 35.3 Å². The molecule has 2 heterocycles. The van der Waals surface area contributed by atoms with Gasteiger partial charge in [-0.2, -0.15) is 23.7 Å². The maximum absolute atomic E-state index is 13.5. The monoisotopic (exact) mass is 501 g/mol. The average molecular weight is 502 g/mol. The zero-order chi connectivity index (χ0) is 25.3. The number of aliphatic hydroxyl groups is 1. The fourth-order valence-electron chi connectivity index (χ4n) is 4.82. The van der Waals surface area contributed by atoms with E-state index in [4.69, 9.17) is 16.9 Å². The number of rotatable bonds is 5. The summed E-state index contributed by atoms with van der Waals surface area (Å²) in [6, 6.07) is 12.5. The van der Waals surface area contributed by atoms with Crippen molar-refractivity contribution in [2.24, 2.45) is 0 Å². The molecule has 0 bridgehead atoms. The lowest BCUT2D eigenvalue weighted by Gasteiger charge is -2.46. The number of benzene rings is 2. The number of piperazine rings is 1. The first-order valence-electron chi connectivity index (χ1n) is 11.0. The number of halogens is 4. The number of nitriles is 2. The van der Waals surface area contributed by atoms with Gasteiger partial charge in [0.05, 0.1) is 48.4 Å². The first kappa shape index (κ1) is 25.0. The third kappa shape index (κ3) is 5.29. The fourth-order valence-corrected chi connectivity index (χ4v) is 5.06. The van der Waals surface area contributed by atoms with Gasteiger partial charge < -0.3 is 10.1 Å². The van der Waals surface area contributed by atoms with E-state index in [0.717, 1.165) is 5.56 Å². The lowest BCUT2D eigenvalue weighted by Crippen LogP contribution is -2.58. The van der Waals surface area contributed by atoms with Crippen molar-refractivity contribution in [1.82, 2.24) is 15.3 Å². The van der Waals surface area contributed by atoms with Crippen LogP contribution in [0.25, 0.3) is 0 Å². The molecule has 6 nitrogen and oxygen atoms in total. The molecule has 0 saturated carbocycles. The molecule has 2 aromatic carbocycles. The van der Waals surface area contributed by atoms with Crippen LogP contribution in [-0.4, -0.2) is 39.8 Å². The molecule has 0 amide bonds. The van der Waals surface area contributed by atoms with Crippen molar-refractivity contribution in [2.75, 3.05) is 6.54 Å². The second kappa shape index (κ2) is 9.88. The topological polar surface area (TPSA) is 86.3 Å². The van der Waals surface area contributed by atoms with Crippen LogP contribution in [0.1, 0.15) is 47.2 Å². The Labute approximate surface area is 206 Å². The van der Waals surface area contributed by atoms with E-state index in [0.29, 0.717) is 34.0 Å². The predicted molar refractivity (Wildman–Crippen MR) is 123 cm³/mol. The van der Waals surface area contributed by atoms with Gasteiger partial charge >= 0.3 is 6.18 Å². The van der Waals surface area contributed by atoms with Crippen LogP contribution < -0.4 is 5.43 Å². The number of fused-ring (bicyclic) bond motifs is 1. The number of nitrogens with one attached hydrogen (secondary N) is 1. The van der Waals surface area contributed by atoms with Crippen molar-refractivity contribution in [3.63, 3.8) is 0 Å². The Morgan fingerprint density at radius 2 is 1.89 bits per heavy atom. The van der Waals surface area contributed by atoms with Crippen LogP contribution in [-0.2, 0) is 13.2 Å². The minimum Gasteiger partial charge on any atom is -0.392 e. The van der Waals surface area contributed by atoms with Crippen LogP contribution in [0.15, 0.2) is 48.2 Å². The first-order chi connectivity index (χ1) is 16.6. The molecule has 0 radical (unpaired) electrons. The van der Waals surface area contributed by atoms with Crippen molar-refractivity contribution < 1.29 is 18.3 Å². The Hall–Kier alpha value is -3.08. The van der Waals surface area contributed by atoms with Gasteiger partial charge in [-0.25, -0.2) is 5.43 Å². The van der Waals surface area contributed by atoms with E-state index in [1.807, 2.05) is 17.9 Å². The van der Waals surface area contributed by atoms with E-state index in [9.17, 15) is 23.5 Å². The van der Waals surface area contributed by atoms with Gasteiger partial charge in [0.25, 0.3) is 0 Å². The molecule has 2 aliphatic heterocycles. The summed E-state index contributed by atoms with van der Waals surface area (Å²) >= 11 is 6.08. The van der Waals surface area contributed by atoms with Crippen LogP contribution >= 0.6 is 11.6 Å². The molecule has 2 N–H and O–H groups in total. The molecule has 2 aromatic rings. The smallest absolute Gasteiger partial charge is 0.391 e. The van der Waals surface area contributed by atoms with Gasteiger partial charge in [-0.1, -0.05) is 23.7 Å². The Morgan fingerprint density at radius 1 is 1.17 bits per heavy atom. The van der Waals surface area contributed by atoms with Crippen LogP contribution in [0.4, 0.5) is 13.2 Å². The predicted octanol–water partition coefficient (Wildman–Crippen LogP) is 4.55. The zero-order valence-electron chi connectivity index (χ0n) is 18.8. The summed E-state index contributed by atoms with van der Waals surface area (Å²) in [6.45, 7) is 2.15. The number of hydrogen-bond acceptors (Lipinski definition) is 6. The van der Waals surface area contributed by atoms with Crippen LogP contribution in [0.2, 0.25) is 5.02 Å². The van der Waals surface area contributed by atoms with E-state index < -0.39 is 24.7 Å². The zero-order valence-corrected chi connectivity index (χ0v) is 19.6. The van der Waals surface area contributed by atoms with Gasteiger partial charge in [0.2, 0.25) is 0 Å². The summed E-state index contributed by atoms with van der Waals surface area (Å²) in [5.74, 6) is 0. The molecular weight excluding hydrogens is 479 g/mol. The summed E-state index contributed by atoms with van der Waals surface area (Å²) in [5.41, 5.74) is 6.43. The normalized spacial score (nSPS) is 22.3. The maximum atomic E-state index is 13.5. The maximum Gasteiger partial charge on any atom is 0.391 e. The van der Waals surface area contributed by atoms with Crippen molar-refractivity contribution >= 4 is 11.6 Å². The Bertz CT molecular complexity index is 1220. The highest BCUT2D eigenvalue weighted by atomic mass is 35.5. The lowest BCUT2D eigenvalue weighted by atomic mass is 9.94. The number of nitrogens with zero attached hydrogens (tertiary/aromatic N) is 4. The summed E-state index contributed by atoms with van der Waals surface area (Å²) in [6.07, 6.45) is -3.56. The quantitative estimate of drug-likeness (QED) is 0.625. The largest absolute Gasteiger partial charge is 0.392 e. The molecule has 0 aromatic heterocycles. The molecule has 0 spiro atoms. The van der Waals surface area contributed by atoms with E-state index in [2.05, 4.69) is 17.6 Å². The van der Waals surface area contributed by atoms with Crippen LogP contribution in [0, 0.1) is 22.7 Å². The van der Waals surface area contributed by atoms with Gasteiger partial charge in [-0.3, -0.25) is 4.90 Å². The van der Waals surface area contributed by atoms with E-state index >= 15 is 0 Å². The SMILES string of the molecule is CC1C2=CC(c3c(C#N)cc(Cl)cc3CO)NN2C(CC(F)(F)F)CN1Cc1ccc(C#N)cc1. The lowest BCUT2D eigenvalue weighted by molar-refractivity contribution is -0.153. The average Bonchev–Trinajstić information content (AvgIpc) is 3.26. The van der Waals surface area contributed by atoms with Crippen molar-refractivity contribution in [3.05, 3.63) is 81.0 Å². The van der Waals surface area contributed by atoms with Crippen molar-refractivity contribution in [2.45, 2.75) is 50.8 Å². The summed E-state index contributed by atoms with van der Waals surface area (Å²) in [5, 5.41) is 30.4.